The van der Waals surface area contributed by atoms with Crippen molar-refractivity contribution in [2.24, 2.45) is 9.98 Å². The zero-order chi connectivity index (χ0) is 18.5. The Labute approximate surface area is 159 Å². The first-order chi connectivity index (χ1) is 13.3. The highest BCUT2D eigenvalue weighted by Gasteiger charge is 2.25. The van der Waals surface area contributed by atoms with Gasteiger partial charge in [0.1, 0.15) is 17.6 Å². The summed E-state index contributed by atoms with van der Waals surface area (Å²) < 4.78 is 5.52. The van der Waals surface area contributed by atoms with Crippen molar-refractivity contribution in [3.63, 3.8) is 0 Å². The summed E-state index contributed by atoms with van der Waals surface area (Å²) in [7, 11) is 0. The summed E-state index contributed by atoms with van der Waals surface area (Å²) in [5.74, 6) is 2.43. The van der Waals surface area contributed by atoms with Crippen LogP contribution in [0.25, 0.3) is 0 Å². The molecule has 3 aromatic rings. The molecule has 0 radical (unpaired) electrons. The first kappa shape index (κ1) is 17.0. The van der Waals surface area contributed by atoms with Gasteiger partial charge in [0, 0.05) is 11.3 Å². The monoisotopic (exact) mass is 355 g/mol. The molecule has 0 bridgehead atoms. The number of amidine groups is 2. The Morgan fingerprint density at radius 3 is 2.19 bits per heavy atom. The molecule has 4 nitrogen and oxygen atoms in total. The zero-order valence-electron chi connectivity index (χ0n) is 15.2. The van der Waals surface area contributed by atoms with E-state index in [9.17, 15) is 0 Å². The van der Waals surface area contributed by atoms with E-state index in [-0.39, 0.29) is 6.04 Å². The molecule has 4 rings (SSSR count). The third kappa shape index (κ3) is 3.90. The van der Waals surface area contributed by atoms with Gasteiger partial charge >= 0.3 is 0 Å². The number of benzene rings is 3. The maximum Gasteiger partial charge on any atom is 0.157 e. The molecule has 1 atom stereocenters. The Kier molecular flexibility index (Phi) is 4.97. The second-order valence-corrected chi connectivity index (χ2v) is 6.21. The predicted octanol–water partition coefficient (Wildman–Crippen LogP) is 5.10. The van der Waals surface area contributed by atoms with E-state index in [4.69, 9.17) is 14.7 Å². The summed E-state index contributed by atoms with van der Waals surface area (Å²) in [5, 5.41) is 3.44. The van der Waals surface area contributed by atoms with Gasteiger partial charge < -0.3 is 10.1 Å². The van der Waals surface area contributed by atoms with E-state index >= 15 is 0 Å². The van der Waals surface area contributed by atoms with Crippen LogP contribution in [-0.4, -0.2) is 18.3 Å². The number of anilines is 1. The Hall–Kier alpha value is -3.40. The van der Waals surface area contributed by atoms with Crippen molar-refractivity contribution in [1.29, 1.82) is 0 Å². The van der Waals surface area contributed by atoms with Gasteiger partial charge in [-0.1, -0.05) is 60.7 Å². The van der Waals surface area contributed by atoms with E-state index in [1.807, 2.05) is 79.7 Å². The van der Waals surface area contributed by atoms with Crippen LogP contribution >= 0.6 is 0 Å². The number of aliphatic imine (C=N–C) groups is 2. The van der Waals surface area contributed by atoms with Crippen molar-refractivity contribution in [3.05, 3.63) is 96.1 Å². The summed E-state index contributed by atoms with van der Waals surface area (Å²) in [6, 6.07) is 28.1. The van der Waals surface area contributed by atoms with Gasteiger partial charge in [-0.2, -0.15) is 0 Å². The lowest BCUT2D eigenvalue weighted by molar-refractivity contribution is 0.340. The standard InChI is InChI=1S/C23H21N3O/c1-2-27-20-15-13-19(14-16-20)24-23-21(17-9-5-3-6-10-17)25-22(26-23)18-11-7-4-8-12-18/h3-16,21H,2H2,1H3,(H,24,25,26). The minimum atomic E-state index is -0.145. The smallest absolute Gasteiger partial charge is 0.157 e. The predicted molar refractivity (Wildman–Crippen MR) is 111 cm³/mol. The summed E-state index contributed by atoms with van der Waals surface area (Å²) >= 11 is 0. The molecular weight excluding hydrogens is 334 g/mol. The second-order valence-electron chi connectivity index (χ2n) is 6.21. The number of nitrogens with one attached hydrogen (secondary N) is 1. The first-order valence-electron chi connectivity index (χ1n) is 9.10. The molecule has 3 aromatic carbocycles. The maximum absolute atomic E-state index is 5.52. The lowest BCUT2D eigenvalue weighted by Crippen LogP contribution is -2.17. The van der Waals surface area contributed by atoms with Gasteiger partial charge in [-0.15, -0.1) is 0 Å². The van der Waals surface area contributed by atoms with Crippen molar-refractivity contribution in [1.82, 2.24) is 0 Å². The van der Waals surface area contributed by atoms with E-state index in [1.165, 1.54) is 0 Å². The lowest BCUT2D eigenvalue weighted by Gasteiger charge is -2.14. The molecular formula is C23H21N3O. The molecule has 1 aliphatic rings. The molecule has 0 aliphatic carbocycles. The van der Waals surface area contributed by atoms with Crippen molar-refractivity contribution in [2.75, 3.05) is 11.9 Å². The SMILES string of the molecule is CCOc1ccc(NC2=NC(c3ccccc3)=NC2c2ccccc2)cc1. The number of ether oxygens (including phenoxy) is 1. The van der Waals surface area contributed by atoms with Crippen molar-refractivity contribution in [3.8, 4) is 5.75 Å². The fraction of sp³-hybridized carbons (Fsp3) is 0.130. The van der Waals surface area contributed by atoms with Crippen LogP contribution in [0.15, 0.2) is 94.9 Å². The fourth-order valence-electron chi connectivity index (χ4n) is 3.03. The average molecular weight is 355 g/mol. The molecule has 1 N–H and O–H groups in total. The van der Waals surface area contributed by atoms with E-state index in [2.05, 4.69) is 17.4 Å². The molecule has 1 unspecified atom stereocenters. The number of hydrogen-bond acceptors (Lipinski definition) is 4. The quantitative estimate of drug-likeness (QED) is 0.692. The van der Waals surface area contributed by atoms with Crippen LogP contribution in [0, 0.1) is 0 Å². The molecule has 1 aliphatic heterocycles. The third-order valence-corrected chi connectivity index (χ3v) is 4.32. The third-order valence-electron chi connectivity index (χ3n) is 4.32. The van der Waals surface area contributed by atoms with Gasteiger partial charge in [0.15, 0.2) is 5.84 Å². The fourth-order valence-corrected chi connectivity index (χ4v) is 3.03. The van der Waals surface area contributed by atoms with E-state index in [0.717, 1.165) is 34.2 Å². The topological polar surface area (TPSA) is 46.0 Å². The van der Waals surface area contributed by atoms with Gasteiger partial charge in [0.25, 0.3) is 0 Å². The highest BCUT2D eigenvalue weighted by molar-refractivity contribution is 6.16. The number of rotatable bonds is 5. The summed E-state index contributed by atoms with van der Waals surface area (Å²) in [6.07, 6.45) is 0. The molecule has 134 valence electrons. The van der Waals surface area contributed by atoms with Gasteiger partial charge in [-0.3, -0.25) is 0 Å². The molecule has 4 heteroatoms. The number of nitrogens with zero attached hydrogens (tertiary/aromatic N) is 2. The Morgan fingerprint density at radius 2 is 1.52 bits per heavy atom. The van der Waals surface area contributed by atoms with Crippen molar-refractivity contribution in [2.45, 2.75) is 13.0 Å². The second kappa shape index (κ2) is 7.87. The van der Waals surface area contributed by atoms with Crippen molar-refractivity contribution >= 4 is 17.4 Å². The molecule has 0 amide bonds. The minimum Gasteiger partial charge on any atom is -0.494 e. The molecule has 1 heterocycles. The molecule has 0 fully saturated rings. The van der Waals surface area contributed by atoms with Gasteiger partial charge in [-0.05, 0) is 36.8 Å². The summed E-state index contributed by atoms with van der Waals surface area (Å²) in [5.41, 5.74) is 3.09. The van der Waals surface area contributed by atoms with Gasteiger partial charge in [0.05, 0.1) is 6.61 Å². The van der Waals surface area contributed by atoms with Crippen LogP contribution in [0.4, 0.5) is 5.69 Å². The van der Waals surface area contributed by atoms with Crippen LogP contribution in [0.3, 0.4) is 0 Å². The van der Waals surface area contributed by atoms with E-state index in [0.29, 0.717) is 6.61 Å². The molecule has 27 heavy (non-hydrogen) atoms. The Morgan fingerprint density at radius 1 is 0.852 bits per heavy atom. The highest BCUT2D eigenvalue weighted by Crippen LogP contribution is 2.27. The average Bonchev–Trinajstić information content (AvgIpc) is 3.15. The van der Waals surface area contributed by atoms with E-state index < -0.39 is 0 Å². The largest absolute Gasteiger partial charge is 0.494 e. The van der Waals surface area contributed by atoms with Gasteiger partial charge in [-0.25, -0.2) is 9.98 Å². The van der Waals surface area contributed by atoms with Crippen LogP contribution in [0.2, 0.25) is 0 Å². The van der Waals surface area contributed by atoms with Crippen LogP contribution in [-0.2, 0) is 0 Å². The summed E-state index contributed by atoms with van der Waals surface area (Å²) in [6.45, 7) is 2.64. The minimum absolute atomic E-state index is 0.145. The first-order valence-corrected chi connectivity index (χ1v) is 9.10. The van der Waals surface area contributed by atoms with Crippen molar-refractivity contribution < 1.29 is 4.74 Å². The van der Waals surface area contributed by atoms with E-state index in [1.54, 1.807) is 0 Å². The normalized spacial score (nSPS) is 15.8. The molecule has 0 saturated carbocycles. The molecule has 0 saturated heterocycles. The Bertz CT molecular complexity index is 948. The van der Waals surface area contributed by atoms with Crippen LogP contribution in [0.1, 0.15) is 24.1 Å². The van der Waals surface area contributed by atoms with Crippen LogP contribution in [0.5, 0.6) is 5.75 Å². The molecule has 0 aromatic heterocycles. The van der Waals surface area contributed by atoms with Crippen LogP contribution < -0.4 is 10.1 Å². The maximum atomic E-state index is 5.52. The lowest BCUT2D eigenvalue weighted by atomic mass is 10.1. The van der Waals surface area contributed by atoms with Gasteiger partial charge in [0.2, 0.25) is 0 Å². The number of hydrogen-bond donors (Lipinski definition) is 1. The highest BCUT2D eigenvalue weighted by atomic mass is 16.5. The zero-order valence-corrected chi connectivity index (χ0v) is 15.2. The summed E-state index contributed by atoms with van der Waals surface area (Å²) in [4.78, 5) is 9.67. The molecule has 0 spiro atoms. The Balaban J connectivity index is 1.64.